The van der Waals surface area contributed by atoms with E-state index in [1.165, 1.54) is 12.0 Å². The van der Waals surface area contributed by atoms with Crippen molar-refractivity contribution in [1.29, 1.82) is 5.41 Å². The van der Waals surface area contributed by atoms with Gasteiger partial charge in [-0.3, -0.25) is 15.0 Å². The Balaban J connectivity index is -0.000000232. The van der Waals surface area contributed by atoms with E-state index < -0.39 is 5.97 Å². The van der Waals surface area contributed by atoms with Crippen molar-refractivity contribution in [2.45, 2.75) is 65.8 Å². The Kier molecular flexibility index (Phi) is 33.5. The summed E-state index contributed by atoms with van der Waals surface area (Å²) in [6.07, 6.45) is 2.72. The van der Waals surface area contributed by atoms with Gasteiger partial charge in [0.25, 0.3) is 0 Å². The van der Waals surface area contributed by atoms with E-state index in [2.05, 4.69) is 29.0 Å². The van der Waals surface area contributed by atoms with Crippen molar-refractivity contribution in [3.63, 3.8) is 0 Å². The molecule has 0 radical (unpaired) electrons. The molecule has 9 nitrogen and oxygen atoms in total. The first-order valence-corrected chi connectivity index (χ1v) is 10.3. The van der Waals surface area contributed by atoms with Crippen molar-refractivity contribution in [1.82, 2.24) is 10.6 Å². The quantitative estimate of drug-likeness (QED) is 0.252. The number of rotatable bonds is 9. The Morgan fingerprint density at radius 2 is 1.61 bits per heavy atom. The van der Waals surface area contributed by atoms with Crippen LogP contribution < -0.4 is 22.1 Å². The van der Waals surface area contributed by atoms with Crippen molar-refractivity contribution in [2.75, 3.05) is 13.6 Å². The predicted octanol–water partition coefficient (Wildman–Crippen LogP) is 2.28. The summed E-state index contributed by atoms with van der Waals surface area (Å²) in [7, 11) is 1.96. The molecule has 1 unspecified atom stereocenters. The third-order valence-corrected chi connectivity index (χ3v) is 3.09. The molecule has 180 valence electrons. The lowest BCUT2D eigenvalue weighted by Crippen LogP contribution is -2.33. The highest BCUT2D eigenvalue weighted by Crippen LogP contribution is 2.03. The van der Waals surface area contributed by atoms with E-state index in [1.807, 2.05) is 64.9 Å². The van der Waals surface area contributed by atoms with Crippen LogP contribution in [0.25, 0.3) is 0 Å². The average Bonchev–Trinajstić information content (AvgIpc) is 2.72. The third-order valence-electron chi connectivity index (χ3n) is 3.09. The molecule has 0 aliphatic rings. The lowest BCUT2D eigenvalue weighted by molar-refractivity contribution is -0.137. The van der Waals surface area contributed by atoms with Crippen LogP contribution in [0.4, 0.5) is 0 Å². The summed E-state index contributed by atoms with van der Waals surface area (Å²) < 4.78 is 0. The molecule has 31 heavy (non-hydrogen) atoms. The Labute approximate surface area is 187 Å². The van der Waals surface area contributed by atoms with Crippen molar-refractivity contribution < 1.29 is 19.5 Å². The molecule has 8 N–H and O–H groups in total. The molecule has 0 aliphatic carbocycles. The third kappa shape index (κ3) is 38.3. The summed E-state index contributed by atoms with van der Waals surface area (Å²) in [5, 5.41) is 20.4. The number of carbonyl (C=O) groups excluding carboxylic acids is 2. The molecule has 1 amide bonds. The summed E-state index contributed by atoms with van der Waals surface area (Å²) in [5.41, 5.74) is 10.1. The van der Waals surface area contributed by atoms with E-state index in [1.54, 1.807) is 0 Å². The van der Waals surface area contributed by atoms with Crippen LogP contribution in [-0.4, -0.2) is 49.4 Å². The maximum Gasteiger partial charge on any atom is 0.303 e. The zero-order valence-corrected chi connectivity index (χ0v) is 19.7. The maximum absolute atomic E-state index is 11.5. The summed E-state index contributed by atoms with van der Waals surface area (Å²) in [5.74, 6) is -1.28. The lowest BCUT2D eigenvalue weighted by Gasteiger charge is -2.13. The smallest absolute Gasteiger partial charge is 0.303 e. The number of guanidine groups is 1. The second-order valence-electron chi connectivity index (χ2n) is 5.96. The minimum absolute atomic E-state index is 0.0421. The van der Waals surface area contributed by atoms with E-state index >= 15 is 0 Å². The standard InChI is InChI=1S/C14H19NO3.C4H11N.C2H6.CH5N3.CH2O/c1-11(10-12-6-3-2-4-7-12)15-13(16)8-5-9-14(17)18;1-3-4-5-2;1-2;2-1(3)4;1-2/h2-4,6-7,11H,5,8-10H2,1H3,(H,15,16)(H,17,18);5H,3-4H2,1-2H3;1-2H3;(H5,2,3,4);1H2. The van der Waals surface area contributed by atoms with E-state index in [9.17, 15) is 9.59 Å². The normalized spacial score (nSPS) is 9.32. The molecule has 0 aliphatic heterocycles. The second-order valence-corrected chi connectivity index (χ2v) is 5.96. The minimum Gasteiger partial charge on any atom is -0.481 e. The van der Waals surface area contributed by atoms with Crippen LogP contribution in [0.3, 0.4) is 0 Å². The average molecular weight is 442 g/mol. The lowest BCUT2D eigenvalue weighted by atomic mass is 10.1. The van der Waals surface area contributed by atoms with Crippen LogP contribution in [-0.2, 0) is 20.8 Å². The molecule has 0 fully saturated rings. The van der Waals surface area contributed by atoms with Gasteiger partial charge in [-0.25, -0.2) is 0 Å². The van der Waals surface area contributed by atoms with Crippen molar-refractivity contribution >= 4 is 24.6 Å². The van der Waals surface area contributed by atoms with Gasteiger partial charge in [0.05, 0.1) is 0 Å². The molecular formula is C22H43N5O4. The zero-order chi connectivity index (χ0) is 25.1. The number of nitrogens with one attached hydrogen (secondary N) is 3. The number of aliphatic carboxylic acids is 1. The van der Waals surface area contributed by atoms with Crippen LogP contribution in [0, 0.1) is 5.41 Å². The molecule has 0 saturated heterocycles. The Morgan fingerprint density at radius 3 is 1.97 bits per heavy atom. The Morgan fingerprint density at radius 1 is 1.13 bits per heavy atom. The molecule has 0 aromatic heterocycles. The highest BCUT2D eigenvalue weighted by atomic mass is 16.4. The van der Waals surface area contributed by atoms with Gasteiger partial charge >= 0.3 is 5.97 Å². The summed E-state index contributed by atoms with van der Waals surface area (Å²) >= 11 is 0. The molecule has 0 spiro atoms. The summed E-state index contributed by atoms with van der Waals surface area (Å²) in [6.45, 7) is 11.2. The number of nitrogens with two attached hydrogens (primary N) is 2. The van der Waals surface area contributed by atoms with Gasteiger partial charge in [-0.2, -0.15) is 0 Å². The Bertz CT molecular complexity index is 536. The molecule has 0 saturated carbocycles. The first-order chi connectivity index (χ1) is 14.7. The molecule has 1 aromatic carbocycles. The van der Waals surface area contributed by atoms with Gasteiger partial charge in [-0.05, 0) is 45.3 Å². The van der Waals surface area contributed by atoms with Crippen LogP contribution in [0.5, 0.6) is 0 Å². The van der Waals surface area contributed by atoms with Gasteiger partial charge in [-0.15, -0.1) is 0 Å². The number of hydrogen-bond acceptors (Lipinski definition) is 5. The SMILES string of the molecule is C=O.CC.CC(Cc1ccccc1)NC(=O)CCCC(=O)O.CCCNC.N=C(N)N. The van der Waals surface area contributed by atoms with Gasteiger partial charge in [0.15, 0.2) is 5.96 Å². The number of amides is 1. The monoisotopic (exact) mass is 441 g/mol. The summed E-state index contributed by atoms with van der Waals surface area (Å²) in [4.78, 5) is 29.8. The first kappa shape index (κ1) is 35.5. The molecule has 0 bridgehead atoms. The van der Waals surface area contributed by atoms with Gasteiger partial charge in [0, 0.05) is 18.9 Å². The maximum atomic E-state index is 11.5. The molecule has 0 heterocycles. The number of hydrogen-bond donors (Lipinski definition) is 6. The van der Waals surface area contributed by atoms with Crippen LogP contribution in [0.1, 0.15) is 58.9 Å². The van der Waals surface area contributed by atoms with Crippen LogP contribution in [0.15, 0.2) is 30.3 Å². The van der Waals surface area contributed by atoms with Gasteiger partial charge in [0.1, 0.15) is 6.79 Å². The molecule has 1 aromatic rings. The fourth-order valence-corrected chi connectivity index (χ4v) is 2.02. The fourth-order valence-electron chi connectivity index (χ4n) is 2.02. The fraction of sp³-hybridized carbons (Fsp3) is 0.545. The topological polar surface area (TPSA) is 171 Å². The van der Waals surface area contributed by atoms with Crippen molar-refractivity contribution in [2.24, 2.45) is 11.5 Å². The minimum atomic E-state index is -0.861. The first-order valence-electron chi connectivity index (χ1n) is 10.3. The van der Waals surface area contributed by atoms with E-state index in [0.717, 1.165) is 13.0 Å². The predicted molar refractivity (Wildman–Crippen MR) is 128 cm³/mol. The molecule has 1 rings (SSSR count). The molecule has 1 atom stereocenters. The molecular weight excluding hydrogens is 398 g/mol. The van der Waals surface area contributed by atoms with Gasteiger partial charge in [0.2, 0.25) is 5.91 Å². The Hall–Kier alpha value is -2.94. The van der Waals surface area contributed by atoms with Gasteiger partial charge in [-0.1, -0.05) is 51.1 Å². The summed E-state index contributed by atoms with van der Waals surface area (Å²) in [6, 6.07) is 10.00. The highest BCUT2D eigenvalue weighted by molar-refractivity contribution is 5.77. The largest absolute Gasteiger partial charge is 0.481 e. The van der Waals surface area contributed by atoms with Crippen molar-refractivity contribution in [3.8, 4) is 0 Å². The number of carbonyl (C=O) groups is 3. The zero-order valence-electron chi connectivity index (χ0n) is 19.7. The highest BCUT2D eigenvalue weighted by Gasteiger charge is 2.08. The van der Waals surface area contributed by atoms with Crippen LogP contribution >= 0.6 is 0 Å². The van der Waals surface area contributed by atoms with Crippen LogP contribution in [0.2, 0.25) is 0 Å². The second kappa shape index (κ2) is 29.3. The van der Waals surface area contributed by atoms with E-state index in [-0.39, 0.29) is 30.8 Å². The van der Waals surface area contributed by atoms with Crippen molar-refractivity contribution in [3.05, 3.63) is 35.9 Å². The van der Waals surface area contributed by atoms with E-state index in [4.69, 9.17) is 15.3 Å². The molecule has 9 heteroatoms. The van der Waals surface area contributed by atoms with E-state index in [0.29, 0.717) is 6.42 Å². The van der Waals surface area contributed by atoms with Gasteiger partial charge < -0.3 is 32.0 Å². The number of carboxylic acids is 1. The number of carboxylic acid groups (broad SMARTS) is 1. The number of benzene rings is 1.